The number of esters is 1. The van der Waals surface area contributed by atoms with Gasteiger partial charge in [-0.1, -0.05) is 23.7 Å². The molecular weight excluding hydrogens is 326 g/mol. The maximum absolute atomic E-state index is 12.0. The van der Waals surface area contributed by atoms with Crippen LogP contribution >= 0.6 is 23.4 Å². The van der Waals surface area contributed by atoms with Gasteiger partial charge in [-0.2, -0.15) is 0 Å². The molecule has 0 aliphatic rings. The molecule has 2 rings (SSSR count). The fourth-order valence-corrected chi connectivity index (χ4v) is 2.33. The monoisotopic (exact) mass is 337 g/mol. The highest BCUT2D eigenvalue weighted by molar-refractivity contribution is 7.98. The highest BCUT2D eigenvalue weighted by atomic mass is 35.5. The normalized spacial score (nSPS) is 10.3. The summed E-state index contributed by atoms with van der Waals surface area (Å²) in [5, 5.41) is 10.9. The fraction of sp³-hybridized carbons (Fsp3) is 0.133. The van der Waals surface area contributed by atoms with Crippen molar-refractivity contribution in [3.05, 3.63) is 68.7 Å². The molecule has 0 aliphatic carbocycles. The Morgan fingerprint density at radius 1 is 1.27 bits per heavy atom. The number of thioether (sulfide) groups is 1. The average molecular weight is 338 g/mol. The molecule has 0 bridgehead atoms. The summed E-state index contributed by atoms with van der Waals surface area (Å²) in [4.78, 5) is 23.3. The summed E-state index contributed by atoms with van der Waals surface area (Å²) < 4.78 is 5.15. The van der Waals surface area contributed by atoms with Crippen LogP contribution < -0.4 is 0 Å². The summed E-state index contributed by atoms with van der Waals surface area (Å²) in [5.41, 5.74) is 0.602. The molecule has 7 heteroatoms. The minimum atomic E-state index is -0.692. The van der Waals surface area contributed by atoms with E-state index in [1.54, 1.807) is 11.8 Å². The van der Waals surface area contributed by atoms with Gasteiger partial charge in [0.2, 0.25) is 0 Å². The smallest absolute Gasteiger partial charge is 0.340 e. The Morgan fingerprint density at radius 3 is 2.55 bits per heavy atom. The fourth-order valence-electron chi connectivity index (χ4n) is 1.73. The van der Waals surface area contributed by atoms with Crippen molar-refractivity contribution in [2.75, 3.05) is 6.26 Å². The van der Waals surface area contributed by atoms with Crippen molar-refractivity contribution in [1.29, 1.82) is 0 Å². The van der Waals surface area contributed by atoms with Gasteiger partial charge in [-0.3, -0.25) is 10.1 Å². The minimum Gasteiger partial charge on any atom is -0.457 e. The van der Waals surface area contributed by atoms with Gasteiger partial charge in [-0.05, 0) is 30.0 Å². The van der Waals surface area contributed by atoms with Crippen molar-refractivity contribution < 1.29 is 14.5 Å². The molecule has 22 heavy (non-hydrogen) atoms. The number of nitro groups is 1. The number of nitro benzene ring substituents is 1. The molecule has 0 spiro atoms. The molecule has 0 amide bonds. The van der Waals surface area contributed by atoms with E-state index in [0.29, 0.717) is 0 Å². The van der Waals surface area contributed by atoms with Gasteiger partial charge in [0.1, 0.15) is 6.61 Å². The lowest BCUT2D eigenvalue weighted by Crippen LogP contribution is -2.06. The Kier molecular flexibility index (Phi) is 5.41. The SMILES string of the molecule is CSc1ccc(COC(=O)c2cc([N+](=O)[O-])ccc2Cl)cc1. The summed E-state index contributed by atoms with van der Waals surface area (Å²) in [7, 11) is 0. The van der Waals surface area contributed by atoms with E-state index in [9.17, 15) is 14.9 Å². The van der Waals surface area contributed by atoms with Gasteiger partial charge >= 0.3 is 5.97 Å². The van der Waals surface area contributed by atoms with E-state index in [1.165, 1.54) is 12.1 Å². The second-order valence-corrected chi connectivity index (χ2v) is 5.63. The van der Waals surface area contributed by atoms with Crippen LogP contribution in [0.5, 0.6) is 0 Å². The Hall–Kier alpha value is -2.05. The Morgan fingerprint density at radius 2 is 1.95 bits per heavy atom. The maximum atomic E-state index is 12.0. The van der Waals surface area contributed by atoms with Crippen LogP contribution in [-0.2, 0) is 11.3 Å². The van der Waals surface area contributed by atoms with Crippen molar-refractivity contribution in [2.24, 2.45) is 0 Å². The molecular formula is C15H12ClNO4S. The van der Waals surface area contributed by atoms with E-state index >= 15 is 0 Å². The molecule has 2 aromatic carbocycles. The van der Waals surface area contributed by atoms with Crippen LogP contribution in [0.25, 0.3) is 0 Å². The van der Waals surface area contributed by atoms with Gasteiger partial charge in [-0.25, -0.2) is 4.79 Å². The number of non-ortho nitro benzene ring substituents is 1. The lowest BCUT2D eigenvalue weighted by molar-refractivity contribution is -0.384. The Labute approximate surface area is 136 Å². The van der Waals surface area contributed by atoms with Gasteiger partial charge in [0.05, 0.1) is 15.5 Å². The number of carbonyl (C=O) groups is 1. The van der Waals surface area contributed by atoms with E-state index in [4.69, 9.17) is 16.3 Å². The number of hydrogen-bond acceptors (Lipinski definition) is 5. The number of ether oxygens (including phenoxy) is 1. The van der Waals surface area contributed by atoms with Crippen molar-refractivity contribution in [3.63, 3.8) is 0 Å². The summed E-state index contributed by atoms with van der Waals surface area (Å²) >= 11 is 7.51. The van der Waals surface area contributed by atoms with Gasteiger partial charge in [-0.15, -0.1) is 11.8 Å². The van der Waals surface area contributed by atoms with Gasteiger partial charge in [0, 0.05) is 17.0 Å². The molecule has 0 fully saturated rings. The maximum Gasteiger partial charge on any atom is 0.340 e. The van der Waals surface area contributed by atoms with Crippen LogP contribution in [-0.4, -0.2) is 17.1 Å². The molecule has 0 aliphatic heterocycles. The number of benzene rings is 2. The van der Waals surface area contributed by atoms with E-state index in [0.717, 1.165) is 16.5 Å². The standard InChI is InChI=1S/C15H12ClNO4S/c1-22-12-5-2-10(3-6-12)9-21-15(18)13-8-11(17(19)20)4-7-14(13)16/h2-8H,9H2,1H3. The minimum absolute atomic E-state index is 0.0170. The zero-order valence-corrected chi connectivity index (χ0v) is 13.2. The highest BCUT2D eigenvalue weighted by Crippen LogP contribution is 2.23. The molecule has 0 saturated carbocycles. The highest BCUT2D eigenvalue weighted by Gasteiger charge is 2.17. The van der Waals surface area contributed by atoms with Crippen LogP contribution in [0.2, 0.25) is 5.02 Å². The number of hydrogen-bond donors (Lipinski definition) is 0. The largest absolute Gasteiger partial charge is 0.457 e. The Balaban J connectivity index is 2.08. The van der Waals surface area contributed by atoms with Crippen molar-refractivity contribution in [3.8, 4) is 0 Å². The van der Waals surface area contributed by atoms with Crippen LogP contribution in [0.1, 0.15) is 15.9 Å². The van der Waals surface area contributed by atoms with E-state index in [1.807, 2.05) is 30.5 Å². The third kappa shape index (κ3) is 3.99. The first-order valence-electron chi connectivity index (χ1n) is 6.25. The predicted octanol–water partition coefficient (Wildman–Crippen LogP) is 4.33. The second kappa shape index (κ2) is 7.29. The quantitative estimate of drug-likeness (QED) is 0.351. The van der Waals surface area contributed by atoms with Crippen LogP contribution in [0.4, 0.5) is 5.69 Å². The second-order valence-electron chi connectivity index (χ2n) is 4.35. The van der Waals surface area contributed by atoms with Crippen molar-refractivity contribution >= 4 is 35.0 Å². The van der Waals surface area contributed by atoms with Crippen molar-refractivity contribution in [1.82, 2.24) is 0 Å². The lowest BCUT2D eigenvalue weighted by Gasteiger charge is -2.07. The summed E-state index contributed by atoms with van der Waals surface area (Å²) in [6.45, 7) is 0.0759. The molecule has 0 N–H and O–H groups in total. The first-order valence-corrected chi connectivity index (χ1v) is 7.85. The molecule has 0 unspecified atom stereocenters. The topological polar surface area (TPSA) is 69.4 Å². The first-order chi connectivity index (χ1) is 10.5. The van der Waals surface area contributed by atoms with Crippen molar-refractivity contribution in [2.45, 2.75) is 11.5 Å². The van der Waals surface area contributed by atoms with Crippen LogP contribution in [0.3, 0.4) is 0 Å². The molecule has 2 aromatic rings. The zero-order valence-electron chi connectivity index (χ0n) is 11.6. The third-order valence-electron chi connectivity index (χ3n) is 2.91. The zero-order chi connectivity index (χ0) is 16.1. The number of rotatable bonds is 5. The predicted molar refractivity (Wildman–Crippen MR) is 85.4 cm³/mol. The van der Waals surface area contributed by atoms with E-state index in [-0.39, 0.29) is 22.9 Å². The summed E-state index contributed by atoms with van der Waals surface area (Å²) in [6.07, 6.45) is 1.97. The van der Waals surface area contributed by atoms with Gasteiger partial charge < -0.3 is 4.74 Å². The Bertz CT molecular complexity index is 703. The van der Waals surface area contributed by atoms with Gasteiger partial charge in [0.15, 0.2) is 0 Å². The van der Waals surface area contributed by atoms with E-state index < -0.39 is 10.9 Å². The van der Waals surface area contributed by atoms with E-state index in [2.05, 4.69) is 0 Å². The summed E-state index contributed by atoms with van der Waals surface area (Å²) in [6, 6.07) is 11.2. The number of halogens is 1. The molecule has 0 heterocycles. The first kappa shape index (κ1) is 16.3. The summed E-state index contributed by atoms with van der Waals surface area (Å²) in [5.74, 6) is -0.692. The number of carbonyl (C=O) groups excluding carboxylic acids is 1. The number of nitrogens with zero attached hydrogens (tertiary/aromatic N) is 1. The molecule has 114 valence electrons. The lowest BCUT2D eigenvalue weighted by atomic mass is 10.2. The average Bonchev–Trinajstić information content (AvgIpc) is 2.53. The van der Waals surface area contributed by atoms with Crippen LogP contribution in [0.15, 0.2) is 47.4 Å². The molecule has 0 radical (unpaired) electrons. The van der Waals surface area contributed by atoms with Gasteiger partial charge in [0.25, 0.3) is 5.69 Å². The van der Waals surface area contributed by atoms with Crippen LogP contribution in [0, 0.1) is 10.1 Å². The molecule has 0 aromatic heterocycles. The molecule has 5 nitrogen and oxygen atoms in total. The molecule has 0 saturated heterocycles. The molecule has 0 atom stereocenters. The third-order valence-corrected chi connectivity index (χ3v) is 3.98.